The van der Waals surface area contributed by atoms with Gasteiger partial charge in [0.25, 0.3) is 0 Å². The van der Waals surface area contributed by atoms with E-state index in [1.54, 1.807) is 6.92 Å². The molecule has 1 aliphatic carbocycles. The molecule has 0 aromatic carbocycles. The lowest BCUT2D eigenvalue weighted by Gasteiger charge is -2.33. The van der Waals surface area contributed by atoms with E-state index in [1.807, 2.05) is 23.0 Å². The monoisotopic (exact) mass is 378 g/mol. The minimum Gasteiger partial charge on any atom is -0.369 e. The molecule has 5 nitrogen and oxygen atoms in total. The molecule has 0 bridgehead atoms. The van der Waals surface area contributed by atoms with Gasteiger partial charge in [-0.25, -0.2) is 0 Å². The van der Waals surface area contributed by atoms with E-state index in [9.17, 15) is 4.79 Å². The normalized spacial score (nSPS) is 18.8. The number of aromatic nitrogens is 3. The van der Waals surface area contributed by atoms with Crippen molar-refractivity contribution in [1.82, 2.24) is 14.8 Å². The number of primary amides is 1. The van der Waals surface area contributed by atoms with Gasteiger partial charge >= 0.3 is 0 Å². The lowest BCUT2D eigenvalue weighted by atomic mass is 9.72. The van der Waals surface area contributed by atoms with E-state index in [4.69, 9.17) is 5.73 Å². The zero-order valence-corrected chi connectivity index (χ0v) is 17.1. The largest absolute Gasteiger partial charge is 0.369 e. The first-order valence-corrected chi connectivity index (χ1v) is 10.3. The Morgan fingerprint density at radius 2 is 2.16 bits per heavy atom. The van der Waals surface area contributed by atoms with Crippen LogP contribution >= 0.6 is 23.1 Å². The third-order valence-electron chi connectivity index (χ3n) is 5.05. The minimum absolute atomic E-state index is 0.320. The summed E-state index contributed by atoms with van der Waals surface area (Å²) in [5.74, 6) is 1.25. The average molecular weight is 379 g/mol. The molecule has 7 heteroatoms. The number of rotatable bonds is 4. The molecule has 2 aromatic rings. The highest BCUT2D eigenvalue weighted by Crippen LogP contribution is 2.42. The Morgan fingerprint density at radius 3 is 2.80 bits per heavy atom. The van der Waals surface area contributed by atoms with Gasteiger partial charge in [0.1, 0.15) is 0 Å². The predicted octanol–water partition coefficient (Wildman–Crippen LogP) is 3.66. The SMILES string of the molecule is C[C@H](Sc1nnc(-c2cc3c(s2)CC[C@H](C(C)(C)C)C3)n1C)C(N)=O. The smallest absolute Gasteiger partial charge is 0.230 e. The molecule has 3 rings (SSSR count). The maximum atomic E-state index is 11.3. The van der Waals surface area contributed by atoms with E-state index < -0.39 is 0 Å². The first-order chi connectivity index (χ1) is 11.7. The summed E-state index contributed by atoms with van der Waals surface area (Å²) in [4.78, 5) is 13.9. The molecule has 1 amide bonds. The van der Waals surface area contributed by atoms with Crippen LogP contribution in [0.4, 0.5) is 0 Å². The van der Waals surface area contributed by atoms with Crippen molar-refractivity contribution in [1.29, 1.82) is 0 Å². The molecule has 2 heterocycles. The molecule has 136 valence electrons. The molecule has 0 spiro atoms. The second kappa shape index (κ2) is 6.76. The van der Waals surface area contributed by atoms with Crippen LogP contribution in [0, 0.1) is 11.3 Å². The zero-order chi connectivity index (χ0) is 18.4. The van der Waals surface area contributed by atoms with Crippen LogP contribution in [0.2, 0.25) is 0 Å². The number of hydrogen-bond acceptors (Lipinski definition) is 5. The van der Waals surface area contributed by atoms with Gasteiger partial charge in [-0.1, -0.05) is 32.5 Å². The number of nitrogens with zero attached hydrogens (tertiary/aromatic N) is 3. The van der Waals surface area contributed by atoms with Gasteiger partial charge in [-0.3, -0.25) is 4.79 Å². The number of carbonyl (C=O) groups excluding carboxylic acids is 1. The van der Waals surface area contributed by atoms with E-state index in [1.165, 1.54) is 28.6 Å². The first-order valence-electron chi connectivity index (χ1n) is 8.64. The molecule has 25 heavy (non-hydrogen) atoms. The zero-order valence-electron chi connectivity index (χ0n) is 15.5. The average Bonchev–Trinajstić information content (AvgIpc) is 3.09. The first kappa shape index (κ1) is 18.5. The van der Waals surface area contributed by atoms with Gasteiger partial charge in [-0.15, -0.1) is 21.5 Å². The minimum atomic E-state index is -0.339. The summed E-state index contributed by atoms with van der Waals surface area (Å²) < 4.78 is 1.96. The fourth-order valence-electron chi connectivity index (χ4n) is 3.22. The van der Waals surface area contributed by atoms with Crippen molar-refractivity contribution in [2.24, 2.45) is 24.1 Å². The number of nitrogens with two attached hydrogens (primary N) is 1. The van der Waals surface area contributed by atoms with E-state index in [0.29, 0.717) is 5.41 Å². The van der Waals surface area contributed by atoms with E-state index in [0.717, 1.165) is 34.6 Å². The van der Waals surface area contributed by atoms with Gasteiger partial charge in [-0.2, -0.15) is 0 Å². The van der Waals surface area contributed by atoms with Gasteiger partial charge in [-0.05, 0) is 49.1 Å². The van der Waals surface area contributed by atoms with Gasteiger partial charge in [0.05, 0.1) is 10.1 Å². The van der Waals surface area contributed by atoms with Crippen molar-refractivity contribution in [3.8, 4) is 10.7 Å². The van der Waals surface area contributed by atoms with Crippen LogP contribution in [0.15, 0.2) is 11.2 Å². The van der Waals surface area contributed by atoms with Crippen LogP contribution in [-0.4, -0.2) is 25.9 Å². The Kier molecular flexibility index (Phi) is 4.99. The Labute approximate surface area is 157 Å². The lowest BCUT2D eigenvalue weighted by molar-refractivity contribution is -0.117. The molecule has 0 unspecified atom stereocenters. The summed E-state index contributed by atoms with van der Waals surface area (Å²) in [6, 6.07) is 2.29. The second-order valence-corrected chi connectivity index (χ2v) is 10.3. The highest BCUT2D eigenvalue weighted by molar-refractivity contribution is 8.00. The second-order valence-electron chi connectivity index (χ2n) is 7.89. The molecular weight excluding hydrogens is 352 g/mol. The number of carbonyl (C=O) groups is 1. The highest BCUT2D eigenvalue weighted by Gasteiger charge is 2.30. The Bertz CT molecular complexity index is 788. The van der Waals surface area contributed by atoms with E-state index >= 15 is 0 Å². The highest BCUT2D eigenvalue weighted by atomic mass is 32.2. The number of amides is 1. The molecular formula is C18H26N4OS2. The van der Waals surface area contributed by atoms with Crippen molar-refractivity contribution in [3.05, 3.63) is 16.5 Å². The Hall–Kier alpha value is -1.34. The van der Waals surface area contributed by atoms with Crippen LogP contribution in [0.3, 0.4) is 0 Å². The fraction of sp³-hybridized carbons (Fsp3) is 0.611. The Morgan fingerprint density at radius 1 is 1.44 bits per heavy atom. The molecule has 2 atom stereocenters. The number of hydrogen-bond donors (Lipinski definition) is 1. The molecule has 0 fully saturated rings. The third-order valence-corrected chi connectivity index (χ3v) is 7.43. The van der Waals surface area contributed by atoms with Crippen LogP contribution in [0.25, 0.3) is 10.7 Å². The molecule has 2 aromatic heterocycles. The number of fused-ring (bicyclic) bond motifs is 1. The Balaban J connectivity index is 1.84. The van der Waals surface area contributed by atoms with Crippen molar-refractivity contribution in [2.45, 2.75) is 57.4 Å². The van der Waals surface area contributed by atoms with Crippen LogP contribution in [-0.2, 0) is 24.7 Å². The summed E-state index contributed by atoms with van der Waals surface area (Å²) >= 11 is 3.18. The van der Waals surface area contributed by atoms with Crippen molar-refractivity contribution >= 4 is 29.0 Å². The maximum Gasteiger partial charge on any atom is 0.230 e. The molecule has 0 saturated heterocycles. The van der Waals surface area contributed by atoms with Crippen molar-refractivity contribution in [2.75, 3.05) is 0 Å². The van der Waals surface area contributed by atoms with E-state index in [-0.39, 0.29) is 11.2 Å². The molecule has 0 radical (unpaired) electrons. The predicted molar refractivity (Wildman–Crippen MR) is 104 cm³/mol. The summed E-state index contributed by atoms with van der Waals surface area (Å²) in [6.07, 6.45) is 3.56. The van der Waals surface area contributed by atoms with E-state index in [2.05, 4.69) is 37.0 Å². The third kappa shape index (κ3) is 3.77. The van der Waals surface area contributed by atoms with Gasteiger partial charge in [0.2, 0.25) is 5.91 Å². The number of aryl methyl sites for hydroxylation is 1. The number of thioether (sulfide) groups is 1. The van der Waals surface area contributed by atoms with Crippen LogP contribution in [0.5, 0.6) is 0 Å². The molecule has 2 N–H and O–H groups in total. The summed E-state index contributed by atoms with van der Waals surface area (Å²) in [5.41, 5.74) is 7.16. The fourth-order valence-corrected chi connectivity index (χ4v) is 5.22. The molecule has 1 aliphatic rings. The van der Waals surface area contributed by atoms with Crippen molar-refractivity contribution < 1.29 is 4.79 Å². The summed E-state index contributed by atoms with van der Waals surface area (Å²) in [6.45, 7) is 8.80. The molecule has 0 saturated carbocycles. The topological polar surface area (TPSA) is 73.8 Å². The van der Waals surface area contributed by atoms with Gasteiger partial charge < -0.3 is 10.3 Å². The summed E-state index contributed by atoms with van der Waals surface area (Å²) in [7, 11) is 1.95. The lowest BCUT2D eigenvalue weighted by Crippen LogP contribution is -2.26. The van der Waals surface area contributed by atoms with Crippen LogP contribution < -0.4 is 5.73 Å². The van der Waals surface area contributed by atoms with Crippen molar-refractivity contribution in [3.63, 3.8) is 0 Å². The standard InChI is InChI=1S/C18H26N4OS2/c1-10(15(19)23)24-17-21-20-16(22(17)5)14-9-11-8-12(18(2,3)4)6-7-13(11)25-14/h9-10,12H,6-8H2,1-5H3,(H2,19,23)/t10-,12-/m0/s1. The van der Waals surface area contributed by atoms with Crippen LogP contribution in [0.1, 0.15) is 44.6 Å². The summed E-state index contributed by atoms with van der Waals surface area (Å²) in [5, 5.41) is 9.01. The van der Waals surface area contributed by atoms with Gasteiger partial charge in [0, 0.05) is 11.9 Å². The molecule has 0 aliphatic heterocycles. The van der Waals surface area contributed by atoms with Gasteiger partial charge in [0.15, 0.2) is 11.0 Å². The quantitative estimate of drug-likeness (QED) is 0.824. The maximum absolute atomic E-state index is 11.3. The number of thiophene rings is 1.